The highest BCUT2D eigenvalue weighted by molar-refractivity contribution is 5.45. The van der Waals surface area contributed by atoms with Crippen molar-refractivity contribution < 1.29 is 13.9 Å². The van der Waals surface area contributed by atoms with Gasteiger partial charge in [0.15, 0.2) is 11.5 Å². The van der Waals surface area contributed by atoms with Gasteiger partial charge in [-0.3, -0.25) is 0 Å². The molecule has 0 saturated heterocycles. The van der Waals surface area contributed by atoms with Gasteiger partial charge in [0.2, 0.25) is 0 Å². The van der Waals surface area contributed by atoms with Gasteiger partial charge in [-0.25, -0.2) is 4.39 Å². The maximum atomic E-state index is 14.5. The van der Waals surface area contributed by atoms with E-state index in [0.29, 0.717) is 23.0 Å². The van der Waals surface area contributed by atoms with Gasteiger partial charge in [-0.1, -0.05) is 19.8 Å². The van der Waals surface area contributed by atoms with Gasteiger partial charge in [0.1, 0.15) is 5.82 Å². The summed E-state index contributed by atoms with van der Waals surface area (Å²) in [6.07, 6.45) is 5.84. The van der Waals surface area contributed by atoms with E-state index in [1.165, 1.54) is 26.0 Å². The molecule has 0 aliphatic heterocycles. The van der Waals surface area contributed by atoms with E-state index >= 15 is 0 Å². The van der Waals surface area contributed by atoms with Crippen molar-refractivity contribution in [3.8, 4) is 11.5 Å². The van der Waals surface area contributed by atoms with Crippen LogP contribution in [0.15, 0.2) is 12.1 Å². The van der Waals surface area contributed by atoms with Crippen LogP contribution in [0, 0.1) is 11.7 Å². The minimum atomic E-state index is -0.215. The lowest BCUT2D eigenvalue weighted by Crippen LogP contribution is -2.28. The van der Waals surface area contributed by atoms with Crippen LogP contribution >= 0.6 is 0 Å². The van der Waals surface area contributed by atoms with Gasteiger partial charge >= 0.3 is 0 Å². The van der Waals surface area contributed by atoms with Crippen LogP contribution < -0.4 is 14.8 Å². The quantitative estimate of drug-likeness (QED) is 0.822. The van der Waals surface area contributed by atoms with E-state index in [4.69, 9.17) is 9.47 Å². The van der Waals surface area contributed by atoms with Gasteiger partial charge in [0, 0.05) is 17.7 Å². The number of methoxy groups -OCH3 is 2. The van der Waals surface area contributed by atoms with Crippen molar-refractivity contribution in [2.45, 2.75) is 45.1 Å². The van der Waals surface area contributed by atoms with E-state index < -0.39 is 0 Å². The standard InChI is InChI=1S/C17H26FNO2/c1-4-9-19-17(12-7-5-6-8-12)13-10-15(20-2)16(21-3)11-14(13)18/h10-12,17,19H,4-9H2,1-3H3. The van der Waals surface area contributed by atoms with Crippen molar-refractivity contribution in [2.75, 3.05) is 20.8 Å². The summed E-state index contributed by atoms with van der Waals surface area (Å²) in [6, 6.07) is 3.29. The molecule has 0 bridgehead atoms. The molecule has 1 N–H and O–H groups in total. The minimum Gasteiger partial charge on any atom is -0.493 e. The van der Waals surface area contributed by atoms with Gasteiger partial charge in [0.25, 0.3) is 0 Å². The Morgan fingerprint density at radius 2 is 1.81 bits per heavy atom. The van der Waals surface area contributed by atoms with Crippen LogP contribution in [0.25, 0.3) is 0 Å². The number of ether oxygens (including phenoxy) is 2. The fourth-order valence-corrected chi connectivity index (χ4v) is 3.23. The van der Waals surface area contributed by atoms with Crippen molar-refractivity contribution in [3.05, 3.63) is 23.5 Å². The summed E-state index contributed by atoms with van der Waals surface area (Å²) in [6.45, 7) is 3.03. The maximum absolute atomic E-state index is 14.5. The number of hydrogen-bond donors (Lipinski definition) is 1. The zero-order valence-corrected chi connectivity index (χ0v) is 13.2. The molecule has 1 unspecified atom stereocenters. The van der Waals surface area contributed by atoms with E-state index in [2.05, 4.69) is 12.2 Å². The third-order valence-electron chi connectivity index (χ3n) is 4.32. The van der Waals surface area contributed by atoms with E-state index in [9.17, 15) is 4.39 Å². The van der Waals surface area contributed by atoms with Crippen LogP contribution in [-0.4, -0.2) is 20.8 Å². The molecular weight excluding hydrogens is 269 g/mol. The third kappa shape index (κ3) is 3.67. The first kappa shape index (κ1) is 16.1. The fourth-order valence-electron chi connectivity index (χ4n) is 3.23. The fraction of sp³-hybridized carbons (Fsp3) is 0.647. The van der Waals surface area contributed by atoms with E-state index in [-0.39, 0.29) is 11.9 Å². The Bertz CT molecular complexity index is 458. The van der Waals surface area contributed by atoms with Crippen LogP contribution in [0.3, 0.4) is 0 Å². The molecule has 1 fully saturated rings. The Balaban J connectivity index is 2.33. The number of rotatable bonds is 7. The average Bonchev–Trinajstić information content (AvgIpc) is 3.02. The first-order chi connectivity index (χ1) is 10.2. The van der Waals surface area contributed by atoms with Gasteiger partial charge in [0.05, 0.1) is 14.2 Å². The van der Waals surface area contributed by atoms with Crippen LogP contribution in [0.4, 0.5) is 4.39 Å². The summed E-state index contributed by atoms with van der Waals surface area (Å²) in [7, 11) is 3.12. The molecule has 1 aliphatic carbocycles. The molecule has 3 nitrogen and oxygen atoms in total. The zero-order valence-electron chi connectivity index (χ0n) is 13.2. The first-order valence-electron chi connectivity index (χ1n) is 7.86. The first-order valence-corrected chi connectivity index (χ1v) is 7.86. The van der Waals surface area contributed by atoms with Crippen molar-refractivity contribution in [1.82, 2.24) is 5.32 Å². The Hall–Kier alpha value is -1.29. The lowest BCUT2D eigenvalue weighted by atomic mass is 9.91. The van der Waals surface area contributed by atoms with Gasteiger partial charge in [-0.2, -0.15) is 0 Å². The highest BCUT2D eigenvalue weighted by Crippen LogP contribution is 2.40. The molecule has 118 valence electrons. The maximum Gasteiger partial charge on any atom is 0.163 e. The van der Waals surface area contributed by atoms with Crippen LogP contribution in [-0.2, 0) is 0 Å². The highest BCUT2D eigenvalue weighted by atomic mass is 19.1. The van der Waals surface area contributed by atoms with Crippen LogP contribution in [0.2, 0.25) is 0 Å². The van der Waals surface area contributed by atoms with Gasteiger partial charge in [-0.15, -0.1) is 0 Å². The Morgan fingerprint density at radius 1 is 1.19 bits per heavy atom. The van der Waals surface area contributed by atoms with Crippen molar-refractivity contribution in [1.29, 1.82) is 0 Å². The van der Waals surface area contributed by atoms with E-state index in [1.54, 1.807) is 13.2 Å². The molecule has 0 radical (unpaired) electrons. The van der Waals surface area contributed by atoms with Crippen LogP contribution in [0.1, 0.15) is 50.6 Å². The topological polar surface area (TPSA) is 30.5 Å². The average molecular weight is 295 g/mol. The molecule has 0 spiro atoms. The van der Waals surface area contributed by atoms with Crippen molar-refractivity contribution in [3.63, 3.8) is 0 Å². The number of nitrogens with one attached hydrogen (secondary N) is 1. The largest absolute Gasteiger partial charge is 0.493 e. The molecule has 1 aromatic carbocycles. The molecule has 0 aromatic heterocycles. The van der Waals surface area contributed by atoms with Gasteiger partial charge in [-0.05, 0) is 37.8 Å². The second-order valence-corrected chi connectivity index (χ2v) is 5.71. The molecule has 1 saturated carbocycles. The Morgan fingerprint density at radius 3 is 2.38 bits per heavy atom. The van der Waals surface area contributed by atoms with E-state index in [0.717, 1.165) is 25.8 Å². The summed E-state index contributed by atoms with van der Waals surface area (Å²) in [5.41, 5.74) is 0.702. The SMILES string of the molecule is CCCNC(c1cc(OC)c(OC)cc1F)C1CCCC1. The molecule has 21 heavy (non-hydrogen) atoms. The molecule has 1 atom stereocenters. The summed E-state index contributed by atoms with van der Waals surface area (Å²) >= 11 is 0. The minimum absolute atomic E-state index is 0.0623. The van der Waals surface area contributed by atoms with Crippen molar-refractivity contribution >= 4 is 0 Å². The summed E-state index contributed by atoms with van der Waals surface area (Å²) < 4.78 is 25.0. The van der Waals surface area contributed by atoms with Crippen LogP contribution in [0.5, 0.6) is 11.5 Å². The smallest absolute Gasteiger partial charge is 0.163 e. The summed E-state index contributed by atoms with van der Waals surface area (Å²) in [4.78, 5) is 0. The summed E-state index contributed by atoms with van der Waals surface area (Å²) in [5, 5.41) is 3.52. The lowest BCUT2D eigenvalue weighted by Gasteiger charge is -2.26. The van der Waals surface area contributed by atoms with Crippen molar-refractivity contribution in [2.24, 2.45) is 5.92 Å². The molecule has 1 aromatic rings. The summed E-state index contributed by atoms with van der Waals surface area (Å²) in [5.74, 6) is 1.33. The number of halogens is 1. The molecule has 2 rings (SSSR count). The Kier molecular flexibility index (Phi) is 5.85. The number of hydrogen-bond acceptors (Lipinski definition) is 3. The third-order valence-corrected chi connectivity index (χ3v) is 4.32. The zero-order chi connectivity index (χ0) is 15.2. The second kappa shape index (κ2) is 7.64. The molecule has 0 amide bonds. The lowest BCUT2D eigenvalue weighted by molar-refractivity contribution is 0.337. The predicted molar refractivity (Wildman–Crippen MR) is 82.5 cm³/mol. The molecule has 0 heterocycles. The molecule has 1 aliphatic rings. The Labute approximate surface area is 126 Å². The number of benzene rings is 1. The molecular formula is C17H26FNO2. The van der Waals surface area contributed by atoms with Gasteiger partial charge < -0.3 is 14.8 Å². The second-order valence-electron chi connectivity index (χ2n) is 5.71. The highest BCUT2D eigenvalue weighted by Gasteiger charge is 2.29. The van der Waals surface area contributed by atoms with E-state index in [1.807, 2.05) is 0 Å². The molecule has 4 heteroatoms. The monoisotopic (exact) mass is 295 g/mol. The predicted octanol–water partition coefficient (Wildman–Crippen LogP) is 4.07. The normalized spacial score (nSPS) is 17.0.